The van der Waals surface area contributed by atoms with E-state index in [-0.39, 0.29) is 11.7 Å². The predicted molar refractivity (Wildman–Crippen MR) is 106 cm³/mol. The SMILES string of the molecule is NC(=O)c1sc2ccccc2c1C[C@@H]1CCCCN1C(=O)c1cc(C(F)(F)F)[nH]n1. The average molecular weight is 436 g/mol. The minimum absolute atomic E-state index is 0.256. The van der Waals surface area contributed by atoms with E-state index in [2.05, 4.69) is 5.10 Å². The van der Waals surface area contributed by atoms with Gasteiger partial charge in [0.25, 0.3) is 11.8 Å². The van der Waals surface area contributed by atoms with E-state index < -0.39 is 23.7 Å². The second-order valence-electron chi connectivity index (χ2n) is 7.29. The van der Waals surface area contributed by atoms with E-state index in [1.807, 2.05) is 29.4 Å². The molecule has 0 saturated carbocycles. The van der Waals surface area contributed by atoms with Gasteiger partial charge in [0.15, 0.2) is 5.69 Å². The molecule has 3 aromatic rings. The summed E-state index contributed by atoms with van der Waals surface area (Å²) in [4.78, 5) is 27.0. The van der Waals surface area contributed by atoms with Crippen molar-refractivity contribution in [2.45, 2.75) is 37.9 Å². The molecule has 0 spiro atoms. The quantitative estimate of drug-likeness (QED) is 0.648. The van der Waals surface area contributed by atoms with Gasteiger partial charge in [-0.05, 0) is 42.7 Å². The lowest BCUT2D eigenvalue weighted by Gasteiger charge is -2.35. The number of thiophene rings is 1. The lowest BCUT2D eigenvalue weighted by molar-refractivity contribution is -0.141. The molecule has 1 atom stereocenters. The Morgan fingerprint density at radius 3 is 2.73 bits per heavy atom. The molecule has 4 rings (SSSR count). The van der Waals surface area contributed by atoms with E-state index >= 15 is 0 Å². The molecule has 1 aliphatic rings. The Labute approximate surface area is 173 Å². The average Bonchev–Trinajstić information content (AvgIpc) is 3.34. The first-order chi connectivity index (χ1) is 14.3. The predicted octanol–water partition coefficient (Wildman–Crippen LogP) is 3.98. The molecule has 1 aliphatic heterocycles. The number of halogens is 3. The molecule has 0 bridgehead atoms. The van der Waals surface area contributed by atoms with Crippen molar-refractivity contribution >= 4 is 33.2 Å². The molecule has 2 amide bonds. The Kier molecular flexibility index (Phi) is 5.27. The van der Waals surface area contributed by atoms with Crippen LogP contribution >= 0.6 is 11.3 Å². The molecular formula is C20H19F3N4O2S. The fourth-order valence-corrected chi connectivity index (χ4v) is 5.02. The van der Waals surface area contributed by atoms with E-state index in [4.69, 9.17) is 5.73 Å². The fourth-order valence-electron chi connectivity index (χ4n) is 3.94. The third-order valence-corrected chi connectivity index (χ3v) is 6.58. The van der Waals surface area contributed by atoms with Gasteiger partial charge < -0.3 is 10.6 Å². The highest BCUT2D eigenvalue weighted by Crippen LogP contribution is 2.34. The number of nitrogens with one attached hydrogen (secondary N) is 1. The van der Waals surface area contributed by atoms with Crippen molar-refractivity contribution in [3.8, 4) is 0 Å². The van der Waals surface area contributed by atoms with Crippen molar-refractivity contribution in [3.63, 3.8) is 0 Å². The summed E-state index contributed by atoms with van der Waals surface area (Å²) in [6.07, 6.45) is -1.86. The van der Waals surface area contributed by atoms with Crippen molar-refractivity contribution in [1.29, 1.82) is 0 Å². The number of rotatable bonds is 4. The highest BCUT2D eigenvalue weighted by atomic mass is 32.1. The first kappa shape index (κ1) is 20.4. The van der Waals surface area contributed by atoms with Crippen LogP contribution in [0.25, 0.3) is 10.1 Å². The zero-order chi connectivity index (χ0) is 21.5. The van der Waals surface area contributed by atoms with Crippen LogP contribution in [0, 0.1) is 0 Å². The molecule has 3 N–H and O–H groups in total. The summed E-state index contributed by atoms with van der Waals surface area (Å²) < 4.78 is 39.5. The molecule has 1 aromatic carbocycles. The standard InChI is InChI=1S/C20H19F3N4O2S/c21-20(22,23)16-10-14(25-26-16)19(29)27-8-4-3-5-11(27)9-13-12-6-1-2-7-15(12)30-17(13)18(24)28/h1-2,6-7,10-11H,3-5,8-9H2,(H2,24,28)(H,25,26)/t11-/m0/s1. The number of amides is 2. The van der Waals surface area contributed by atoms with Crippen molar-refractivity contribution in [3.05, 3.63) is 52.2 Å². The van der Waals surface area contributed by atoms with Crippen molar-refractivity contribution in [2.24, 2.45) is 5.73 Å². The molecule has 1 saturated heterocycles. The molecule has 6 nitrogen and oxygen atoms in total. The van der Waals surface area contributed by atoms with Crippen LogP contribution in [0.2, 0.25) is 0 Å². The summed E-state index contributed by atoms with van der Waals surface area (Å²) in [5.41, 5.74) is 5.05. The number of alkyl halides is 3. The van der Waals surface area contributed by atoms with E-state index in [1.165, 1.54) is 11.3 Å². The lowest BCUT2D eigenvalue weighted by atomic mass is 9.93. The highest BCUT2D eigenvalue weighted by molar-refractivity contribution is 7.21. The summed E-state index contributed by atoms with van der Waals surface area (Å²) in [6, 6.07) is 8.04. The Morgan fingerprint density at radius 1 is 1.27 bits per heavy atom. The van der Waals surface area contributed by atoms with Crippen LogP contribution < -0.4 is 5.73 Å². The maximum absolute atomic E-state index is 12.9. The summed E-state index contributed by atoms with van der Waals surface area (Å²) in [5.74, 6) is -1.08. The molecule has 0 unspecified atom stereocenters. The summed E-state index contributed by atoms with van der Waals surface area (Å²) in [5, 5.41) is 6.38. The van der Waals surface area contributed by atoms with Crippen molar-refractivity contribution < 1.29 is 22.8 Å². The minimum Gasteiger partial charge on any atom is -0.365 e. The molecule has 2 aromatic heterocycles. The third kappa shape index (κ3) is 3.79. The van der Waals surface area contributed by atoms with Gasteiger partial charge >= 0.3 is 6.18 Å². The van der Waals surface area contributed by atoms with Gasteiger partial charge in [0, 0.05) is 23.4 Å². The number of likely N-dealkylation sites (tertiary alicyclic amines) is 1. The number of benzene rings is 1. The molecule has 30 heavy (non-hydrogen) atoms. The van der Waals surface area contributed by atoms with Gasteiger partial charge in [-0.25, -0.2) is 0 Å². The largest absolute Gasteiger partial charge is 0.432 e. The monoisotopic (exact) mass is 436 g/mol. The van der Waals surface area contributed by atoms with E-state index in [9.17, 15) is 22.8 Å². The van der Waals surface area contributed by atoms with Gasteiger partial charge in [-0.3, -0.25) is 14.7 Å². The summed E-state index contributed by atoms with van der Waals surface area (Å²) in [7, 11) is 0. The lowest BCUT2D eigenvalue weighted by Crippen LogP contribution is -2.45. The molecular weight excluding hydrogens is 417 g/mol. The molecule has 10 heteroatoms. The molecule has 3 heterocycles. The van der Waals surface area contributed by atoms with Crippen LogP contribution in [0.15, 0.2) is 30.3 Å². The second-order valence-corrected chi connectivity index (χ2v) is 8.34. The number of aromatic amines is 1. The van der Waals surface area contributed by atoms with E-state index in [0.717, 1.165) is 34.6 Å². The summed E-state index contributed by atoms with van der Waals surface area (Å²) in [6.45, 7) is 0.422. The van der Waals surface area contributed by atoms with E-state index in [1.54, 1.807) is 4.90 Å². The van der Waals surface area contributed by atoms with Crippen LogP contribution in [-0.2, 0) is 12.6 Å². The van der Waals surface area contributed by atoms with Gasteiger partial charge in [0.05, 0.1) is 4.88 Å². The third-order valence-electron chi connectivity index (χ3n) is 5.35. The maximum atomic E-state index is 12.9. The number of nitrogens with zero attached hydrogens (tertiary/aromatic N) is 2. The number of primary amides is 1. The number of aromatic nitrogens is 2. The first-order valence-electron chi connectivity index (χ1n) is 9.49. The second kappa shape index (κ2) is 7.75. The number of hydrogen-bond acceptors (Lipinski definition) is 4. The fraction of sp³-hybridized carbons (Fsp3) is 0.350. The Bertz CT molecular complexity index is 1110. The normalized spacial score (nSPS) is 17.4. The van der Waals surface area contributed by atoms with Gasteiger partial charge in [-0.1, -0.05) is 18.2 Å². The Morgan fingerprint density at radius 2 is 2.03 bits per heavy atom. The van der Waals surface area contributed by atoms with Gasteiger partial charge in [-0.15, -0.1) is 11.3 Å². The van der Waals surface area contributed by atoms with Gasteiger partial charge in [0.2, 0.25) is 0 Å². The van der Waals surface area contributed by atoms with Crippen molar-refractivity contribution in [2.75, 3.05) is 6.54 Å². The van der Waals surface area contributed by atoms with Crippen molar-refractivity contribution in [1.82, 2.24) is 15.1 Å². The minimum atomic E-state index is -4.60. The van der Waals surface area contributed by atoms with E-state index in [0.29, 0.717) is 24.3 Å². The number of fused-ring (bicyclic) bond motifs is 1. The van der Waals surface area contributed by atoms with Crippen LogP contribution in [-0.4, -0.2) is 39.5 Å². The number of H-pyrrole nitrogens is 1. The molecule has 0 radical (unpaired) electrons. The first-order valence-corrected chi connectivity index (χ1v) is 10.3. The smallest absolute Gasteiger partial charge is 0.365 e. The number of nitrogens with two attached hydrogens (primary N) is 1. The Balaban J connectivity index is 1.65. The van der Waals surface area contributed by atoms with Crippen LogP contribution in [0.4, 0.5) is 13.2 Å². The maximum Gasteiger partial charge on any atom is 0.432 e. The number of carbonyl (C=O) groups is 2. The van der Waals surface area contributed by atoms with Crippen LogP contribution in [0.3, 0.4) is 0 Å². The zero-order valence-electron chi connectivity index (χ0n) is 15.8. The van der Waals surface area contributed by atoms with Crippen LogP contribution in [0.1, 0.15) is 50.7 Å². The molecule has 1 fully saturated rings. The number of piperidine rings is 1. The zero-order valence-corrected chi connectivity index (χ0v) is 16.6. The number of hydrogen-bond donors (Lipinski definition) is 2. The van der Waals surface area contributed by atoms with Crippen LogP contribution in [0.5, 0.6) is 0 Å². The molecule has 158 valence electrons. The Hall–Kier alpha value is -2.88. The topological polar surface area (TPSA) is 92.1 Å². The summed E-state index contributed by atoms with van der Waals surface area (Å²) >= 11 is 1.31. The number of carbonyl (C=O) groups excluding carboxylic acids is 2. The molecule has 0 aliphatic carbocycles. The highest BCUT2D eigenvalue weighted by Gasteiger charge is 2.36. The van der Waals surface area contributed by atoms with Gasteiger partial charge in [0.1, 0.15) is 5.69 Å². The van der Waals surface area contributed by atoms with Gasteiger partial charge in [-0.2, -0.15) is 18.3 Å².